The van der Waals surface area contributed by atoms with Crippen molar-refractivity contribution >= 4 is 11.9 Å². The van der Waals surface area contributed by atoms with Crippen molar-refractivity contribution in [2.75, 3.05) is 13.2 Å². The first-order chi connectivity index (χ1) is 19.2. The van der Waals surface area contributed by atoms with Crippen LogP contribution in [0.1, 0.15) is 21.5 Å². The van der Waals surface area contributed by atoms with Gasteiger partial charge in [-0.3, -0.25) is 4.79 Å². The van der Waals surface area contributed by atoms with Gasteiger partial charge >= 0.3 is 12.1 Å². The molecule has 6 nitrogen and oxygen atoms in total. The summed E-state index contributed by atoms with van der Waals surface area (Å²) >= 11 is 0. The molecule has 4 aromatic carbocycles. The van der Waals surface area contributed by atoms with E-state index in [4.69, 9.17) is 9.47 Å². The monoisotopic (exact) mass is 549 g/mol. The maximum Gasteiger partial charge on any atom is 0.416 e. The Labute approximate surface area is 229 Å². The van der Waals surface area contributed by atoms with E-state index in [2.05, 4.69) is 5.32 Å². The van der Waals surface area contributed by atoms with Crippen molar-refractivity contribution in [2.45, 2.75) is 18.7 Å². The number of carboxylic acids is 1. The molecule has 0 saturated heterocycles. The van der Waals surface area contributed by atoms with Crippen LogP contribution in [0, 0.1) is 0 Å². The van der Waals surface area contributed by atoms with Gasteiger partial charge in [0.05, 0.1) is 12.1 Å². The molecule has 0 heterocycles. The lowest BCUT2D eigenvalue weighted by Gasteiger charge is -2.15. The lowest BCUT2D eigenvalue weighted by molar-refractivity contribution is -0.145. The first-order valence-corrected chi connectivity index (χ1v) is 12.4. The number of amides is 1. The molecule has 4 rings (SSSR count). The largest absolute Gasteiger partial charge is 0.492 e. The SMILES string of the molecule is O=C(NCCOc1ccc(CC(Oc2ccccc2)C(=O)O)cc1)c1ccc(-c2ccc(C(F)(F)F)cc2)cc1. The summed E-state index contributed by atoms with van der Waals surface area (Å²) in [5.41, 5.74) is 1.76. The van der Waals surface area contributed by atoms with Crippen LogP contribution in [0.2, 0.25) is 0 Å². The number of benzene rings is 4. The molecular formula is C31H26F3NO5. The Hall–Kier alpha value is -4.79. The fraction of sp³-hybridized carbons (Fsp3) is 0.161. The molecule has 0 saturated carbocycles. The highest BCUT2D eigenvalue weighted by Crippen LogP contribution is 2.31. The van der Waals surface area contributed by atoms with E-state index in [1.54, 1.807) is 72.8 Å². The van der Waals surface area contributed by atoms with Crippen LogP contribution in [0.15, 0.2) is 103 Å². The molecular weight excluding hydrogens is 523 g/mol. The summed E-state index contributed by atoms with van der Waals surface area (Å²) in [6.07, 6.45) is -5.25. The Kier molecular flexibility index (Phi) is 9.06. The Bertz CT molecular complexity index is 1410. The van der Waals surface area contributed by atoms with E-state index in [9.17, 15) is 27.9 Å². The first-order valence-electron chi connectivity index (χ1n) is 12.4. The van der Waals surface area contributed by atoms with Gasteiger partial charge in [0.25, 0.3) is 5.91 Å². The Balaban J connectivity index is 1.22. The number of ether oxygens (including phenoxy) is 2. The third kappa shape index (κ3) is 7.86. The van der Waals surface area contributed by atoms with Gasteiger partial charge in [0.1, 0.15) is 18.1 Å². The predicted octanol–water partition coefficient (Wildman–Crippen LogP) is 6.26. The number of alkyl halides is 3. The Morgan fingerprint density at radius 2 is 1.38 bits per heavy atom. The van der Waals surface area contributed by atoms with Gasteiger partial charge < -0.3 is 19.9 Å². The summed E-state index contributed by atoms with van der Waals surface area (Å²) in [4.78, 5) is 24.1. The van der Waals surface area contributed by atoms with Crippen LogP contribution >= 0.6 is 0 Å². The molecule has 1 unspecified atom stereocenters. The maximum atomic E-state index is 12.8. The molecule has 0 aliphatic rings. The molecule has 1 amide bonds. The van der Waals surface area contributed by atoms with Crippen molar-refractivity contribution in [1.82, 2.24) is 5.32 Å². The van der Waals surface area contributed by atoms with Gasteiger partial charge in [-0.15, -0.1) is 0 Å². The molecule has 4 aromatic rings. The second-order valence-corrected chi connectivity index (χ2v) is 8.86. The summed E-state index contributed by atoms with van der Waals surface area (Å²) in [6, 6.07) is 27.1. The summed E-state index contributed by atoms with van der Waals surface area (Å²) in [6.45, 7) is 0.455. The van der Waals surface area contributed by atoms with Gasteiger partial charge in [-0.25, -0.2) is 4.79 Å². The van der Waals surface area contributed by atoms with Gasteiger partial charge in [-0.05, 0) is 65.2 Å². The number of nitrogens with one attached hydrogen (secondary N) is 1. The normalized spacial score (nSPS) is 11.9. The summed E-state index contributed by atoms with van der Waals surface area (Å²) < 4.78 is 49.5. The number of halogens is 3. The minimum atomic E-state index is -4.39. The molecule has 0 bridgehead atoms. The van der Waals surface area contributed by atoms with Crippen molar-refractivity contribution < 1.29 is 37.3 Å². The van der Waals surface area contributed by atoms with Crippen LogP contribution in [0.5, 0.6) is 11.5 Å². The fourth-order valence-corrected chi connectivity index (χ4v) is 3.88. The minimum Gasteiger partial charge on any atom is -0.492 e. The molecule has 9 heteroatoms. The molecule has 40 heavy (non-hydrogen) atoms. The average molecular weight is 550 g/mol. The number of carbonyl (C=O) groups excluding carboxylic acids is 1. The highest BCUT2D eigenvalue weighted by molar-refractivity contribution is 5.94. The van der Waals surface area contributed by atoms with E-state index in [-0.39, 0.29) is 25.5 Å². The molecule has 0 radical (unpaired) electrons. The third-order valence-corrected chi connectivity index (χ3v) is 5.99. The number of hydrogen-bond donors (Lipinski definition) is 2. The molecule has 0 fully saturated rings. The van der Waals surface area contributed by atoms with Gasteiger partial charge in [-0.2, -0.15) is 13.2 Å². The highest BCUT2D eigenvalue weighted by Gasteiger charge is 2.30. The first kappa shape index (κ1) is 28.2. The van der Waals surface area contributed by atoms with Crippen molar-refractivity contribution in [1.29, 1.82) is 0 Å². The quantitative estimate of drug-likeness (QED) is 0.216. The lowest BCUT2D eigenvalue weighted by Crippen LogP contribution is -2.29. The molecule has 0 spiro atoms. The Morgan fingerprint density at radius 3 is 1.95 bits per heavy atom. The van der Waals surface area contributed by atoms with Crippen LogP contribution in [0.3, 0.4) is 0 Å². The van der Waals surface area contributed by atoms with E-state index in [1.165, 1.54) is 12.1 Å². The topological polar surface area (TPSA) is 84.9 Å². The van der Waals surface area contributed by atoms with E-state index in [0.717, 1.165) is 17.7 Å². The second kappa shape index (κ2) is 12.8. The van der Waals surface area contributed by atoms with Gasteiger partial charge in [0.2, 0.25) is 0 Å². The van der Waals surface area contributed by atoms with Crippen LogP contribution in [-0.2, 0) is 17.4 Å². The molecule has 0 aliphatic carbocycles. The Morgan fingerprint density at radius 1 is 0.775 bits per heavy atom. The minimum absolute atomic E-state index is 0.179. The number of aliphatic carboxylic acids is 1. The van der Waals surface area contributed by atoms with E-state index in [0.29, 0.717) is 28.2 Å². The number of para-hydroxylation sites is 1. The zero-order chi connectivity index (χ0) is 28.5. The van der Waals surface area contributed by atoms with Crippen molar-refractivity contribution in [3.8, 4) is 22.6 Å². The van der Waals surface area contributed by atoms with Crippen LogP contribution < -0.4 is 14.8 Å². The average Bonchev–Trinajstić information content (AvgIpc) is 2.96. The fourth-order valence-electron chi connectivity index (χ4n) is 3.88. The number of rotatable bonds is 11. The molecule has 1 atom stereocenters. The number of carboxylic acid groups (broad SMARTS) is 1. The smallest absolute Gasteiger partial charge is 0.416 e. The number of carbonyl (C=O) groups is 2. The maximum absolute atomic E-state index is 12.8. The standard InChI is InChI=1S/C31H26F3NO5/c32-31(33,34)25-14-12-23(13-15-25)22-8-10-24(11-9-22)29(36)35-18-19-39-26-16-6-21(7-17-26)20-28(30(37)38)40-27-4-2-1-3-5-27/h1-17,28H,18-20H2,(H,35,36)(H,37,38). The summed E-state index contributed by atoms with van der Waals surface area (Å²) in [7, 11) is 0. The lowest BCUT2D eigenvalue weighted by atomic mass is 10.0. The number of hydrogen-bond acceptors (Lipinski definition) is 4. The van der Waals surface area contributed by atoms with Gasteiger partial charge in [0.15, 0.2) is 6.10 Å². The van der Waals surface area contributed by atoms with Gasteiger partial charge in [-0.1, -0.05) is 54.6 Å². The predicted molar refractivity (Wildman–Crippen MR) is 143 cm³/mol. The van der Waals surface area contributed by atoms with E-state index >= 15 is 0 Å². The van der Waals surface area contributed by atoms with Crippen molar-refractivity contribution in [3.63, 3.8) is 0 Å². The second-order valence-electron chi connectivity index (χ2n) is 8.86. The zero-order valence-corrected chi connectivity index (χ0v) is 21.2. The summed E-state index contributed by atoms with van der Waals surface area (Å²) in [5, 5.41) is 12.3. The van der Waals surface area contributed by atoms with Crippen LogP contribution in [0.25, 0.3) is 11.1 Å². The molecule has 0 aliphatic heterocycles. The van der Waals surface area contributed by atoms with E-state index in [1.807, 2.05) is 6.07 Å². The molecule has 2 N–H and O–H groups in total. The van der Waals surface area contributed by atoms with Crippen molar-refractivity contribution in [3.05, 3.63) is 120 Å². The molecule has 206 valence electrons. The zero-order valence-electron chi connectivity index (χ0n) is 21.2. The molecule has 0 aromatic heterocycles. The highest BCUT2D eigenvalue weighted by atomic mass is 19.4. The third-order valence-electron chi connectivity index (χ3n) is 5.99. The summed E-state index contributed by atoms with van der Waals surface area (Å²) in [5.74, 6) is -0.327. The van der Waals surface area contributed by atoms with Crippen molar-refractivity contribution in [2.24, 2.45) is 0 Å². The van der Waals surface area contributed by atoms with E-state index < -0.39 is 23.8 Å². The van der Waals surface area contributed by atoms with Crippen LogP contribution in [-0.4, -0.2) is 36.2 Å². The van der Waals surface area contributed by atoms with Crippen LogP contribution in [0.4, 0.5) is 13.2 Å². The van der Waals surface area contributed by atoms with Gasteiger partial charge in [0, 0.05) is 12.0 Å².